The zero-order valence-electron chi connectivity index (χ0n) is 9.61. The highest BCUT2D eigenvalue weighted by atomic mass is 127. The van der Waals surface area contributed by atoms with E-state index in [2.05, 4.69) is 27.9 Å². The molecule has 0 saturated carbocycles. The van der Waals surface area contributed by atoms with Gasteiger partial charge in [0.15, 0.2) is 0 Å². The van der Waals surface area contributed by atoms with E-state index in [1.54, 1.807) is 0 Å². The topological polar surface area (TPSA) is 38.3 Å². The third kappa shape index (κ3) is 7.55. The summed E-state index contributed by atoms with van der Waals surface area (Å²) in [7, 11) is 0. The van der Waals surface area contributed by atoms with E-state index >= 15 is 0 Å². The second-order valence-corrected chi connectivity index (χ2v) is 5.74. The molecule has 0 unspecified atom stereocenters. The van der Waals surface area contributed by atoms with Gasteiger partial charge in [-0.2, -0.15) is 0 Å². The summed E-state index contributed by atoms with van der Waals surface area (Å²) in [6, 6.07) is 0. The average Bonchev–Trinajstić information content (AvgIpc) is 1.98. The number of amides is 1. The van der Waals surface area contributed by atoms with E-state index in [9.17, 15) is 4.79 Å². The van der Waals surface area contributed by atoms with Crippen molar-refractivity contribution in [2.24, 2.45) is 0 Å². The number of ether oxygens (including phenoxy) is 1. The van der Waals surface area contributed by atoms with Gasteiger partial charge in [-0.15, -0.1) is 0 Å². The van der Waals surface area contributed by atoms with Crippen LogP contribution >= 0.6 is 22.6 Å². The largest absolute Gasteiger partial charge is 0.365 e. The molecule has 0 fully saturated rings. The third-order valence-corrected chi connectivity index (χ3v) is 3.27. The van der Waals surface area contributed by atoms with E-state index in [0.29, 0.717) is 0 Å². The molecule has 84 valence electrons. The van der Waals surface area contributed by atoms with E-state index < -0.39 is 0 Å². The van der Waals surface area contributed by atoms with Gasteiger partial charge in [0.05, 0.1) is 5.60 Å². The van der Waals surface area contributed by atoms with Gasteiger partial charge in [-0.05, 0) is 34.6 Å². The first-order valence-corrected chi connectivity index (χ1v) is 6.20. The van der Waals surface area contributed by atoms with Gasteiger partial charge in [0.1, 0.15) is 6.61 Å². The molecule has 3 nitrogen and oxygen atoms in total. The van der Waals surface area contributed by atoms with Gasteiger partial charge < -0.3 is 10.1 Å². The van der Waals surface area contributed by atoms with Gasteiger partial charge in [0.25, 0.3) is 0 Å². The van der Waals surface area contributed by atoms with E-state index in [-0.39, 0.29) is 23.7 Å². The molecule has 0 aliphatic carbocycles. The highest BCUT2D eigenvalue weighted by Crippen LogP contribution is 2.12. The number of nitrogens with one attached hydrogen (secondary N) is 1. The standard InChI is InChI=1S/C10H20INO2/c1-9(2,3)12-8(13)6-14-10(4,5)7-11/h6-7H2,1-5H3,(H,12,13). The molecule has 0 aromatic heterocycles. The Morgan fingerprint density at radius 3 is 2.14 bits per heavy atom. The van der Waals surface area contributed by atoms with Gasteiger partial charge in [0, 0.05) is 9.97 Å². The molecule has 0 aliphatic rings. The van der Waals surface area contributed by atoms with Crippen molar-refractivity contribution in [3.05, 3.63) is 0 Å². The van der Waals surface area contributed by atoms with Gasteiger partial charge in [0.2, 0.25) is 5.91 Å². The summed E-state index contributed by atoms with van der Waals surface area (Å²) >= 11 is 2.25. The highest BCUT2D eigenvalue weighted by molar-refractivity contribution is 14.1. The smallest absolute Gasteiger partial charge is 0.246 e. The van der Waals surface area contributed by atoms with Gasteiger partial charge in [-0.3, -0.25) is 4.79 Å². The summed E-state index contributed by atoms with van der Waals surface area (Å²) in [6.45, 7) is 9.94. The van der Waals surface area contributed by atoms with Crippen molar-refractivity contribution in [3.8, 4) is 0 Å². The first-order valence-electron chi connectivity index (χ1n) is 4.67. The molecule has 0 aromatic rings. The first-order chi connectivity index (χ1) is 6.16. The third-order valence-electron chi connectivity index (χ3n) is 1.43. The van der Waals surface area contributed by atoms with Crippen LogP contribution in [0.2, 0.25) is 0 Å². The lowest BCUT2D eigenvalue weighted by molar-refractivity contribution is -0.131. The molecule has 0 atom stereocenters. The molecule has 0 bridgehead atoms. The Labute approximate surface area is 100 Å². The Kier molecular flexibility index (Phi) is 5.36. The second-order valence-electron chi connectivity index (χ2n) is 4.98. The number of hydrogen-bond acceptors (Lipinski definition) is 2. The minimum absolute atomic E-state index is 0.0598. The fourth-order valence-electron chi connectivity index (χ4n) is 0.754. The Balaban J connectivity index is 3.87. The van der Waals surface area contributed by atoms with Crippen LogP contribution in [0.1, 0.15) is 34.6 Å². The minimum Gasteiger partial charge on any atom is -0.365 e. The number of carbonyl (C=O) groups excluding carboxylic acids is 1. The Morgan fingerprint density at radius 2 is 1.79 bits per heavy atom. The lowest BCUT2D eigenvalue weighted by Crippen LogP contribution is -2.44. The monoisotopic (exact) mass is 313 g/mol. The summed E-state index contributed by atoms with van der Waals surface area (Å²) in [5.74, 6) is -0.0598. The number of carbonyl (C=O) groups is 1. The molecule has 0 spiro atoms. The summed E-state index contributed by atoms with van der Waals surface area (Å²) in [5, 5.41) is 2.85. The molecule has 0 heterocycles. The molecule has 0 rings (SSSR count). The zero-order chi connectivity index (χ0) is 11.4. The van der Waals surface area contributed by atoms with Gasteiger partial charge >= 0.3 is 0 Å². The number of hydrogen-bond donors (Lipinski definition) is 1. The van der Waals surface area contributed by atoms with Crippen LogP contribution in [0.3, 0.4) is 0 Å². The lowest BCUT2D eigenvalue weighted by Gasteiger charge is -2.25. The minimum atomic E-state index is -0.226. The average molecular weight is 313 g/mol. The van der Waals surface area contributed by atoms with Crippen molar-refractivity contribution in [2.75, 3.05) is 11.0 Å². The molecular formula is C10H20INO2. The van der Waals surface area contributed by atoms with Crippen LogP contribution in [-0.2, 0) is 9.53 Å². The van der Waals surface area contributed by atoms with Crippen LogP contribution in [0.4, 0.5) is 0 Å². The molecule has 0 radical (unpaired) electrons. The summed E-state index contributed by atoms with van der Waals surface area (Å²) in [4.78, 5) is 11.4. The molecule has 4 heteroatoms. The van der Waals surface area contributed by atoms with Crippen molar-refractivity contribution in [1.29, 1.82) is 0 Å². The predicted octanol–water partition coefficient (Wildman–Crippen LogP) is 2.13. The normalized spacial score (nSPS) is 12.7. The van der Waals surface area contributed by atoms with Crippen molar-refractivity contribution >= 4 is 28.5 Å². The molecule has 0 aliphatic heterocycles. The molecule has 0 saturated heterocycles. The number of rotatable bonds is 4. The SMILES string of the molecule is CC(C)(C)NC(=O)COC(C)(C)CI. The Morgan fingerprint density at radius 1 is 1.29 bits per heavy atom. The van der Waals surface area contributed by atoms with E-state index in [1.807, 2.05) is 34.6 Å². The molecule has 14 heavy (non-hydrogen) atoms. The summed E-state index contributed by atoms with van der Waals surface area (Å²) in [6.07, 6.45) is 0. The molecule has 1 N–H and O–H groups in total. The highest BCUT2D eigenvalue weighted by Gasteiger charge is 2.20. The summed E-state index contributed by atoms with van der Waals surface area (Å²) in [5.41, 5.74) is -0.412. The van der Waals surface area contributed by atoms with Crippen LogP contribution in [0, 0.1) is 0 Å². The number of halogens is 1. The van der Waals surface area contributed by atoms with Crippen LogP contribution in [0.15, 0.2) is 0 Å². The van der Waals surface area contributed by atoms with Crippen molar-refractivity contribution < 1.29 is 9.53 Å². The van der Waals surface area contributed by atoms with E-state index in [1.165, 1.54) is 0 Å². The second kappa shape index (κ2) is 5.30. The maximum Gasteiger partial charge on any atom is 0.246 e. The van der Waals surface area contributed by atoms with Crippen LogP contribution in [-0.4, -0.2) is 28.1 Å². The first kappa shape index (κ1) is 14.2. The lowest BCUT2D eigenvalue weighted by atomic mass is 10.1. The summed E-state index contributed by atoms with van der Waals surface area (Å²) < 4.78 is 6.34. The number of alkyl halides is 1. The van der Waals surface area contributed by atoms with E-state index in [4.69, 9.17) is 4.74 Å². The van der Waals surface area contributed by atoms with Gasteiger partial charge in [-0.25, -0.2) is 0 Å². The quantitative estimate of drug-likeness (QED) is 0.638. The molecular weight excluding hydrogens is 293 g/mol. The molecule has 0 aromatic carbocycles. The van der Waals surface area contributed by atoms with Crippen LogP contribution in [0.5, 0.6) is 0 Å². The zero-order valence-corrected chi connectivity index (χ0v) is 11.8. The molecule has 1 amide bonds. The van der Waals surface area contributed by atoms with Crippen molar-refractivity contribution in [2.45, 2.75) is 45.8 Å². The maximum atomic E-state index is 11.4. The van der Waals surface area contributed by atoms with Crippen molar-refractivity contribution in [3.63, 3.8) is 0 Å². The van der Waals surface area contributed by atoms with Crippen LogP contribution < -0.4 is 5.32 Å². The predicted molar refractivity (Wildman–Crippen MR) is 66.8 cm³/mol. The van der Waals surface area contributed by atoms with Gasteiger partial charge in [-0.1, -0.05) is 22.6 Å². The fourth-order valence-corrected chi connectivity index (χ4v) is 0.974. The Hall–Kier alpha value is 0.160. The van der Waals surface area contributed by atoms with Crippen LogP contribution in [0.25, 0.3) is 0 Å². The Bertz CT molecular complexity index is 197. The van der Waals surface area contributed by atoms with E-state index in [0.717, 1.165) is 4.43 Å². The van der Waals surface area contributed by atoms with Crippen molar-refractivity contribution in [1.82, 2.24) is 5.32 Å². The fraction of sp³-hybridized carbons (Fsp3) is 0.900. The maximum absolute atomic E-state index is 11.4.